The van der Waals surface area contributed by atoms with Gasteiger partial charge in [0.2, 0.25) is 0 Å². The lowest BCUT2D eigenvalue weighted by molar-refractivity contribution is 0.317. The van der Waals surface area contributed by atoms with E-state index in [0.717, 1.165) is 38.6 Å². The van der Waals surface area contributed by atoms with E-state index in [0.29, 0.717) is 18.1 Å². The fraction of sp³-hybridized carbons (Fsp3) is 0.115. The maximum atomic E-state index is 11.7. The number of benzene rings is 3. The van der Waals surface area contributed by atoms with Gasteiger partial charge in [-0.2, -0.15) is 0 Å². The number of ether oxygens (including phenoxy) is 2. The number of fused-ring (bicyclic) bond motifs is 1. The number of rotatable bonds is 3. The van der Waals surface area contributed by atoms with Gasteiger partial charge < -0.3 is 9.47 Å². The van der Waals surface area contributed by atoms with E-state index in [2.05, 4.69) is 0 Å². The Morgan fingerprint density at radius 3 is 2.30 bits per heavy atom. The number of halogens is 1. The summed E-state index contributed by atoms with van der Waals surface area (Å²) in [6, 6.07) is 22.4. The number of allylic oxidation sites excluding steroid dienone is 1. The molecule has 0 fully saturated rings. The molecule has 2 aliphatic heterocycles. The molecule has 0 radical (unpaired) electrons. The van der Waals surface area contributed by atoms with Crippen LogP contribution in [-0.2, 0) is 21.0 Å². The summed E-state index contributed by atoms with van der Waals surface area (Å²) in [6.07, 6.45) is 5.31. The highest BCUT2D eigenvalue weighted by molar-refractivity contribution is 7.90. The number of hydrogen-bond donors (Lipinski definition) is 0. The second-order valence-corrected chi connectivity index (χ2v) is 10.6. The van der Waals surface area contributed by atoms with Gasteiger partial charge in [-0.3, -0.25) is 0 Å². The van der Waals surface area contributed by atoms with Crippen LogP contribution in [-0.4, -0.2) is 26.1 Å². The third-order valence-electron chi connectivity index (χ3n) is 5.12. The lowest BCUT2D eigenvalue weighted by atomic mass is 9.92. The summed E-state index contributed by atoms with van der Waals surface area (Å²) in [5.74, 6) is 1.53. The molecule has 4 nitrogen and oxygen atoms in total. The average Bonchev–Trinajstić information content (AvgIpc) is 3.29. The fourth-order valence-electron chi connectivity index (χ4n) is 3.49. The quantitative estimate of drug-likeness (QED) is 0.407. The molecule has 0 bridgehead atoms. The molecular weight excluding hydrogens is 476 g/mol. The molecule has 3 aromatic carbocycles. The molecule has 0 unspecified atom stereocenters. The summed E-state index contributed by atoms with van der Waals surface area (Å²) in [6.45, 7) is 0.606. The predicted molar refractivity (Wildman–Crippen MR) is 136 cm³/mol. The topological polar surface area (TPSA) is 52.6 Å². The predicted octanol–water partition coefficient (Wildman–Crippen LogP) is 6.15. The van der Waals surface area contributed by atoms with Crippen molar-refractivity contribution >= 4 is 49.9 Å². The van der Waals surface area contributed by atoms with Gasteiger partial charge in [0.25, 0.3) is 0 Å². The molecular formula is C26H21ClO4S2. The van der Waals surface area contributed by atoms with Gasteiger partial charge in [0.1, 0.15) is 18.1 Å². The molecule has 7 heteroatoms. The van der Waals surface area contributed by atoms with Gasteiger partial charge in [0.15, 0.2) is 9.84 Å². The minimum atomic E-state index is -3.24. The molecule has 2 heterocycles. The standard InChI is InChI=1S/C22H17ClO3S.C4H4OS/c1-27(24,25)19-11-9-15(10-12-19)22-20(16-6-4-7-18(23)13-16)14-17-5-2-3-8-21(17)26-22;6-4-1-2-5-3-4/h2-13H,14H2,1H3;1-2H,3H2. The van der Waals surface area contributed by atoms with E-state index in [1.165, 1.54) is 6.26 Å². The van der Waals surface area contributed by atoms with Crippen LogP contribution < -0.4 is 4.74 Å². The zero-order valence-electron chi connectivity index (χ0n) is 17.8. The number of sulfone groups is 1. The van der Waals surface area contributed by atoms with E-state index < -0.39 is 9.84 Å². The van der Waals surface area contributed by atoms with Gasteiger partial charge in [-0.05, 0) is 59.7 Å². The average molecular weight is 497 g/mol. The smallest absolute Gasteiger partial charge is 0.175 e. The molecule has 0 saturated carbocycles. The molecule has 0 spiro atoms. The van der Waals surface area contributed by atoms with Crippen molar-refractivity contribution in [1.82, 2.24) is 0 Å². The molecule has 0 atom stereocenters. The summed E-state index contributed by atoms with van der Waals surface area (Å²) in [5, 5.41) is 0.658. The van der Waals surface area contributed by atoms with Crippen molar-refractivity contribution in [3.8, 4) is 5.75 Å². The molecule has 0 N–H and O–H groups in total. The molecule has 3 aromatic rings. The molecule has 2 aliphatic rings. The maximum Gasteiger partial charge on any atom is 0.175 e. The first-order valence-electron chi connectivity index (χ1n) is 10.2. The Morgan fingerprint density at radius 2 is 1.70 bits per heavy atom. The molecule has 0 amide bonds. The number of hydrogen-bond acceptors (Lipinski definition) is 5. The Hall–Kier alpha value is -2.93. The Morgan fingerprint density at radius 1 is 0.939 bits per heavy atom. The highest BCUT2D eigenvalue weighted by atomic mass is 35.5. The van der Waals surface area contributed by atoms with Crippen LogP contribution in [0, 0.1) is 0 Å². The zero-order valence-corrected chi connectivity index (χ0v) is 20.2. The van der Waals surface area contributed by atoms with E-state index in [-0.39, 0.29) is 4.90 Å². The highest BCUT2D eigenvalue weighted by Crippen LogP contribution is 2.39. The Balaban J connectivity index is 0.000000376. The fourth-order valence-corrected chi connectivity index (χ4v) is 4.43. The van der Waals surface area contributed by atoms with Crippen molar-refractivity contribution in [3.05, 3.63) is 107 Å². The van der Waals surface area contributed by atoms with Gasteiger partial charge in [-0.25, -0.2) is 8.42 Å². The normalized spacial score (nSPS) is 14.7. The van der Waals surface area contributed by atoms with E-state index >= 15 is 0 Å². The number of para-hydroxylation sites is 1. The third kappa shape index (κ3) is 5.71. The number of thiocarbonyl (C=S) groups is 1. The van der Waals surface area contributed by atoms with Crippen LogP contribution in [0.3, 0.4) is 0 Å². The summed E-state index contributed by atoms with van der Waals surface area (Å²) >= 11 is 10.9. The first kappa shape index (κ1) is 23.2. The van der Waals surface area contributed by atoms with Crippen LogP contribution in [0.5, 0.6) is 5.75 Å². The largest absolute Gasteiger partial charge is 0.496 e. The highest BCUT2D eigenvalue weighted by Gasteiger charge is 2.22. The minimum absolute atomic E-state index is 0.285. The van der Waals surface area contributed by atoms with Gasteiger partial charge in [0.05, 0.1) is 16.0 Å². The van der Waals surface area contributed by atoms with Crippen LogP contribution in [0.4, 0.5) is 0 Å². The van der Waals surface area contributed by atoms with Crippen LogP contribution >= 0.6 is 23.8 Å². The lowest BCUT2D eigenvalue weighted by Crippen LogP contribution is -2.09. The Kier molecular flexibility index (Phi) is 6.98. The van der Waals surface area contributed by atoms with Gasteiger partial charge in [-0.15, -0.1) is 0 Å². The third-order valence-corrected chi connectivity index (χ3v) is 6.74. The van der Waals surface area contributed by atoms with Crippen LogP contribution in [0.2, 0.25) is 5.02 Å². The minimum Gasteiger partial charge on any atom is -0.496 e. The van der Waals surface area contributed by atoms with E-state index in [4.69, 9.17) is 33.3 Å². The maximum absolute atomic E-state index is 11.7. The van der Waals surface area contributed by atoms with Gasteiger partial charge in [0, 0.05) is 28.8 Å². The van der Waals surface area contributed by atoms with E-state index in [9.17, 15) is 8.42 Å². The first-order chi connectivity index (χ1) is 15.8. The van der Waals surface area contributed by atoms with Gasteiger partial charge >= 0.3 is 0 Å². The SMILES string of the molecule is CS(=O)(=O)c1ccc(C2=C(c3cccc(Cl)c3)Cc3ccccc3O2)cc1.S=C1C=COC1. The van der Waals surface area contributed by atoms with Gasteiger partial charge in [-0.1, -0.05) is 54.2 Å². The zero-order chi connectivity index (χ0) is 23.4. The van der Waals surface area contributed by atoms with Crippen LogP contribution in [0.25, 0.3) is 11.3 Å². The summed E-state index contributed by atoms with van der Waals surface area (Å²) < 4.78 is 34.5. The molecule has 33 heavy (non-hydrogen) atoms. The van der Waals surface area contributed by atoms with Crippen LogP contribution in [0.15, 0.2) is 90.0 Å². The van der Waals surface area contributed by atoms with Crippen molar-refractivity contribution in [1.29, 1.82) is 0 Å². The Bertz CT molecular complexity index is 1360. The van der Waals surface area contributed by atoms with Crippen LogP contribution in [0.1, 0.15) is 16.7 Å². The Labute approximate surface area is 204 Å². The van der Waals surface area contributed by atoms with Crippen molar-refractivity contribution in [2.45, 2.75) is 11.3 Å². The summed E-state index contributed by atoms with van der Waals surface area (Å²) in [5.41, 5.74) is 3.93. The lowest BCUT2D eigenvalue weighted by Gasteiger charge is -2.24. The molecule has 0 saturated heterocycles. The van der Waals surface area contributed by atoms with Crippen molar-refractivity contribution in [3.63, 3.8) is 0 Å². The molecule has 0 aliphatic carbocycles. The first-order valence-corrected chi connectivity index (χ1v) is 12.9. The van der Waals surface area contributed by atoms with E-state index in [1.807, 2.05) is 48.5 Å². The monoisotopic (exact) mass is 496 g/mol. The summed E-state index contributed by atoms with van der Waals surface area (Å²) in [7, 11) is -3.24. The second-order valence-electron chi connectivity index (χ2n) is 7.58. The van der Waals surface area contributed by atoms with Crippen molar-refractivity contribution < 1.29 is 17.9 Å². The molecule has 0 aromatic heterocycles. The molecule has 168 valence electrons. The van der Waals surface area contributed by atoms with E-state index in [1.54, 1.807) is 36.6 Å². The summed E-state index contributed by atoms with van der Waals surface area (Å²) in [4.78, 5) is 1.17. The molecule has 5 rings (SSSR count). The van der Waals surface area contributed by atoms with Crippen molar-refractivity contribution in [2.75, 3.05) is 12.9 Å². The van der Waals surface area contributed by atoms with Crippen molar-refractivity contribution in [2.24, 2.45) is 0 Å². The second kappa shape index (κ2) is 9.91.